The van der Waals surface area contributed by atoms with Crippen LogP contribution in [0.25, 0.3) is 0 Å². The molecule has 6 heteroatoms. The Hall–Kier alpha value is -2.08. The molecular formula is C17H24N4O2. The van der Waals surface area contributed by atoms with Gasteiger partial charge in [0, 0.05) is 39.3 Å². The molecule has 0 bridgehead atoms. The normalized spacial score (nSPS) is 22.4. The maximum Gasteiger partial charge on any atom is 0.315 e. The molecule has 2 aliphatic rings. The zero-order chi connectivity index (χ0) is 16.2. The zero-order valence-corrected chi connectivity index (χ0v) is 13.5. The molecule has 124 valence electrons. The van der Waals surface area contributed by atoms with Crippen LogP contribution in [0.4, 0.5) is 4.79 Å². The summed E-state index contributed by atoms with van der Waals surface area (Å²) in [7, 11) is 0. The second kappa shape index (κ2) is 7.00. The SMILES string of the molecule is Cc1ccc(CN2CCCN(C(=O)C3CNC(=O)N3)CC2)cc1. The molecule has 3 amide bonds. The van der Waals surface area contributed by atoms with E-state index >= 15 is 0 Å². The van der Waals surface area contributed by atoms with Gasteiger partial charge in [-0.2, -0.15) is 0 Å². The molecule has 2 fully saturated rings. The van der Waals surface area contributed by atoms with E-state index in [9.17, 15) is 9.59 Å². The number of rotatable bonds is 3. The smallest absolute Gasteiger partial charge is 0.315 e. The molecule has 0 aromatic heterocycles. The summed E-state index contributed by atoms with van der Waals surface area (Å²) in [5.74, 6) is 0.0283. The van der Waals surface area contributed by atoms with Crippen molar-refractivity contribution in [3.8, 4) is 0 Å². The minimum atomic E-state index is -0.411. The summed E-state index contributed by atoms with van der Waals surface area (Å²) in [6.07, 6.45) is 0.964. The highest BCUT2D eigenvalue weighted by Gasteiger charge is 2.31. The van der Waals surface area contributed by atoms with Crippen molar-refractivity contribution in [2.75, 3.05) is 32.7 Å². The van der Waals surface area contributed by atoms with Crippen LogP contribution < -0.4 is 10.6 Å². The van der Waals surface area contributed by atoms with Crippen molar-refractivity contribution in [1.82, 2.24) is 20.4 Å². The van der Waals surface area contributed by atoms with E-state index in [-0.39, 0.29) is 11.9 Å². The van der Waals surface area contributed by atoms with Crippen LogP contribution in [0.15, 0.2) is 24.3 Å². The van der Waals surface area contributed by atoms with E-state index in [1.807, 2.05) is 4.90 Å². The summed E-state index contributed by atoms with van der Waals surface area (Å²) >= 11 is 0. The third-order valence-electron chi connectivity index (χ3n) is 4.50. The van der Waals surface area contributed by atoms with E-state index in [0.717, 1.165) is 39.1 Å². The number of nitrogens with one attached hydrogen (secondary N) is 2. The second-order valence-corrected chi connectivity index (χ2v) is 6.35. The number of carbonyl (C=O) groups is 2. The van der Waals surface area contributed by atoms with Crippen molar-refractivity contribution in [3.63, 3.8) is 0 Å². The van der Waals surface area contributed by atoms with Gasteiger partial charge >= 0.3 is 6.03 Å². The minimum absolute atomic E-state index is 0.0283. The van der Waals surface area contributed by atoms with Crippen molar-refractivity contribution >= 4 is 11.9 Å². The summed E-state index contributed by atoms with van der Waals surface area (Å²) < 4.78 is 0. The van der Waals surface area contributed by atoms with E-state index in [4.69, 9.17) is 0 Å². The first-order valence-corrected chi connectivity index (χ1v) is 8.23. The first-order chi connectivity index (χ1) is 11.1. The number of carbonyl (C=O) groups excluding carboxylic acids is 2. The fourth-order valence-corrected chi connectivity index (χ4v) is 3.13. The molecule has 1 aromatic carbocycles. The van der Waals surface area contributed by atoms with Crippen LogP contribution in [0.5, 0.6) is 0 Å². The fraction of sp³-hybridized carbons (Fsp3) is 0.529. The Morgan fingerprint density at radius 1 is 1.17 bits per heavy atom. The van der Waals surface area contributed by atoms with Gasteiger partial charge in [0.1, 0.15) is 6.04 Å². The molecule has 1 aromatic rings. The summed E-state index contributed by atoms with van der Waals surface area (Å²) in [5, 5.41) is 5.32. The van der Waals surface area contributed by atoms with Gasteiger partial charge in [0.25, 0.3) is 0 Å². The van der Waals surface area contributed by atoms with Gasteiger partial charge in [-0.1, -0.05) is 29.8 Å². The van der Waals surface area contributed by atoms with Crippen molar-refractivity contribution in [3.05, 3.63) is 35.4 Å². The third-order valence-corrected chi connectivity index (χ3v) is 4.50. The predicted molar refractivity (Wildman–Crippen MR) is 88.0 cm³/mol. The lowest BCUT2D eigenvalue weighted by Gasteiger charge is -2.24. The van der Waals surface area contributed by atoms with Crippen molar-refractivity contribution in [1.29, 1.82) is 0 Å². The molecular weight excluding hydrogens is 292 g/mol. The molecule has 0 spiro atoms. The van der Waals surface area contributed by atoms with E-state index in [1.165, 1.54) is 11.1 Å². The van der Waals surface area contributed by atoms with Crippen LogP contribution in [0.1, 0.15) is 17.5 Å². The molecule has 2 aliphatic heterocycles. The highest BCUT2D eigenvalue weighted by molar-refractivity contribution is 5.90. The largest absolute Gasteiger partial charge is 0.340 e. The first-order valence-electron chi connectivity index (χ1n) is 8.23. The Morgan fingerprint density at radius 2 is 1.96 bits per heavy atom. The van der Waals surface area contributed by atoms with E-state index < -0.39 is 6.04 Å². The topological polar surface area (TPSA) is 64.7 Å². The molecule has 3 rings (SSSR count). The van der Waals surface area contributed by atoms with Crippen molar-refractivity contribution in [2.24, 2.45) is 0 Å². The monoisotopic (exact) mass is 316 g/mol. The quantitative estimate of drug-likeness (QED) is 0.863. The lowest BCUT2D eigenvalue weighted by molar-refractivity contribution is -0.132. The molecule has 0 saturated carbocycles. The zero-order valence-electron chi connectivity index (χ0n) is 13.5. The van der Waals surface area contributed by atoms with Gasteiger partial charge in [0.05, 0.1) is 0 Å². The van der Waals surface area contributed by atoms with Crippen LogP contribution in [0, 0.1) is 6.92 Å². The lowest BCUT2D eigenvalue weighted by atomic mass is 10.1. The standard InChI is InChI=1S/C17H24N4O2/c1-13-3-5-14(6-4-13)12-20-7-2-8-21(10-9-20)16(22)15-11-18-17(23)19-15/h3-6,15H,2,7-12H2,1H3,(H2,18,19,23). The molecule has 23 heavy (non-hydrogen) atoms. The van der Waals surface area contributed by atoms with Crippen LogP contribution >= 0.6 is 0 Å². The van der Waals surface area contributed by atoms with E-state index in [0.29, 0.717) is 6.54 Å². The molecule has 0 radical (unpaired) electrons. The summed E-state index contributed by atoms with van der Waals surface area (Å²) in [6.45, 7) is 6.74. The Kier molecular flexibility index (Phi) is 4.81. The Bertz CT molecular complexity index is 572. The number of urea groups is 1. The molecule has 2 N–H and O–H groups in total. The Morgan fingerprint density at radius 3 is 2.65 bits per heavy atom. The van der Waals surface area contributed by atoms with Crippen molar-refractivity contribution < 1.29 is 9.59 Å². The number of hydrogen-bond acceptors (Lipinski definition) is 3. The molecule has 2 saturated heterocycles. The lowest BCUT2D eigenvalue weighted by Crippen LogP contribution is -2.46. The van der Waals surface area contributed by atoms with Gasteiger partial charge in [-0.25, -0.2) is 4.79 Å². The highest BCUT2D eigenvalue weighted by Crippen LogP contribution is 2.11. The van der Waals surface area contributed by atoms with Crippen molar-refractivity contribution in [2.45, 2.75) is 25.9 Å². The molecule has 2 heterocycles. The number of benzene rings is 1. The average molecular weight is 316 g/mol. The summed E-state index contributed by atoms with van der Waals surface area (Å²) in [6, 6.07) is 7.95. The molecule has 1 unspecified atom stereocenters. The predicted octanol–water partition coefficient (Wildman–Crippen LogP) is 0.711. The van der Waals surface area contributed by atoms with Gasteiger partial charge in [0.2, 0.25) is 5.91 Å². The van der Waals surface area contributed by atoms with Crippen LogP contribution in [-0.4, -0.2) is 60.5 Å². The minimum Gasteiger partial charge on any atom is -0.340 e. The first kappa shape index (κ1) is 15.8. The molecule has 0 aliphatic carbocycles. The van der Waals surface area contributed by atoms with Gasteiger partial charge in [-0.05, 0) is 18.9 Å². The van der Waals surface area contributed by atoms with Gasteiger partial charge in [-0.15, -0.1) is 0 Å². The van der Waals surface area contributed by atoms with Crippen LogP contribution in [0.2, 0.25) is 0 Å². The second-order valence-electron chi connectivity index (χ2n) is 6.35. The van der Waals surface area contributed by atoms with Crippen LogP contribution in [-0.2, 0) is 11.3 Å². The fourth-order valence-electron chi connectivity index (χ4n) is 3.13. The average Bonchev–Trinajstić information content (AvgIpc) is 2.84. The Labute approximate surface area is 136 Å². The van der Waals surface area contributed by atoms with E-state index in [1.54, 1.807) is 0 Å². The number of aryl methyl sites for hydroxylation is 1. The number of amides is 3. The maximum absolute atomic E-state index is 12.5. The Balaban J connectivity index is 1.53. The van der Waals surface area contributed by atoms with E-state index in [2.05, 4.69) is 46.7 Å². The highest BCUT2D eigenvalue weighted by atomic mass is 16.2. The third kappa shape index (κ3) is 4.01. The van der Waals surface area contributed by atoms with Crippen LogP contribution in [0.3, 0.4) is 0 Å². The summed E-state index contributed by atoms with van der Waals surface area (Å²) in [4.78, 5) is 27.9. The molecule has 1 atom stereocenters. The van der Waals surface area contributed by atoms with Gasteiger partial charge in [-0.3, -0.25) is 9.69 Å². The molecule has 6 nitrogen and oxygen atoms in total. The number of hydrogen-bond donors (Lipinski definition) is 2. The maximum atomic E-state index is 12.5. The number of nitrogens with zero attached hydrogens (tertiary/aromatic N) is 2. The summed E-state index contributed by atoms with van der Waals surface area (Å²) in [5.41, 5.74) is 2.58. The van der Waals surface area contributed by atoms with Gasteiger partial charge in [0.15, 0.2) is 0 Å². The van der Waals surface area contributed by atoms with Gasteiger partial charge < -0.3 is 15.5 Å².